The highest BCUT2D eigenvalue weighted by Gasteiger charge is 2.59. The Morgan fingerprint density at radius 1 is 0.867 bits per heavy atom. The topological polar surface area (TPSA) is 80.8 Å². The monoisotopic (exact) mass is 401 g/mol. The van der Waals surface area contributed by atoms with E-state index in [1.165, 1.54) is 17.0 Å². The van der Waals surface area contributed by atoms with Gasteiger partial charge in [-0.3, -0.25) is 14.4 Å². The van der Waals surface area contributed by atoms with Crippen LogP contribution in [-0.2, 0) is 14.3 Å². The molecule has 0 aromatic heterocycles. The van der Waals surface area contributed by atoms with E-state index in [9.17, 15) is 19.2 Å². The fourth-order valence-electron chi connectivity index (χ4n) is 4.85. The fraction of sp³-hybridized carbons (Fsp3) is 0.250. The Morgan fingerprint density at radius 3 is 2.17 bits per heavy atom. The molecule has 1 saturated carbocycles. The first-order valence-corrected chi connectivity index (χ1v) is 9.96. The molecule has 150 valence electrons. The zero-order valence-corrected chi connectivity index (χ0v) is 16.1. The summed E-state index contributed by atoms with van der Waals surface area (Å²) in [5, 5.41) is 0. The number of benzene rings is 2. The second kappa shape index (κ2) is 7.06. The van der Waals surface area contributed by atoms with E-state index in [4.69, 9.17) is 4.74 Å². The highest BCUT2D eigenvalue weighted by molar-refractivity contribution is 6.23. The lowest BCUT2D eigenvalue weighted by Gasteiger charge is -2.18. The number of allylic oxidation sites excluding steroid dienone is 2. The number of hydrogen-bond donors (Lipinski definition) is 0. The summed E-state index contributed by atoms with van der Waals surface area (Å²) in [6.07, 6.45) is 4.94. The van der Waals surface area contributed by atoms with Gasteiger partial charge < -0.3 is 4.74 Å². The summed E-state index contributed by atoms with van der Waals surface area (Å²) in [6.45, 7) is -0.381. The van der Waals surface area contributed by atoms with Crippen molar-refractivity contribution < 1.29 is 23.9 Å². The van der Waals surface area contributed by atoms with Gasteiger partial charge in [0.05, 0.1) is 23.1 Å². The lowest BCUT2D eigenvalue weighted by molar-refractivity contribution is -0.123. The van der Waals surface area contributed by atoms with Crippen molar-refractivity contribution in [2.75, 3.05) is 11.5 Å². The van der Waals surface area contributed by atoms with Gasteiger partial charge in [0.15, 0.2) is 12.4 Å². The molecule has 0 radical (unpaired) electrons. The number of amides is 2. The Labute approximate surface area is 173 Å². The van der Waals surface area contributed by atoms with Crippen LogP contribution >= 0.6 is 0 Å². The predicted molar refractivity (Wildman–Crippen MR) is 108 cm³/mol. The maximum Gasteiger partial charge on any atom is 0.338 e. The minimum absolute atomic E-state index is 0.124. The molecule has 30 heavy (non-hydrogen) atoms. The van der Waals surface area contributed by atoms with Crippen molar-refractivity contribution in [1.29, 1.82) is 0 Å². The second-order valence-corrected chi connectivity index (χ2v) is 7.93. The molecule has 3 aliphatic rings. The molecule has 2 aliphatic carbocycles. The smallest absolute Gasteiger partial charge is 0.338 e. The highest BCUT2D eigenvalue weighted by atomic mass is 16.5. The average molecular weight is 401 g/mol. The van der Waals surface area contributed by atoms with Gasteiger partial charge in [0.2, 0.25) is 11.8 Å². The standard InChI is InChI=1S/C24H19NO5/c26-19(14-5-2-1-3-6-14)13-30-24(29)17-7-4-8-18(12-17)25-22(27)20-15-9-10-16(11-15)21(20)23(25)28/h1-10,12,15-16,20-21H,11,13H2/t15-,16+,20+,21-. The van der Waals surface area contributed by atoms with Crippen LogP contribution in [0.5, 0.6) is 0 Å². The third-order valence-corrected chi connectivity index (χ3v) is 6.24. The lowest BCUT2D eigenvalue weighted by Crippen LogP contribution is -2.33. The predicted octanol–water partition coefficient (Wildman–Crippen LogP) is 3.04. The largest absolute Gasteiger partial charge is 0.454 e. The number of hydrogen-bond acceptors (Lipinski definition) is 5. The second-order valence-electron chi connectivity index (χ2n) is 7.93. The van der Waals surface area contributed by atoms with Gasteiger partial charge in [-0.1, -0.05) is 48.6 Å². The average Bonchev–Trinajstić information content (AvgIpc) is 3.46. The first kappa shape index (κ1) is 18.5. The van der Waals surface area contributed by atoms with Crippen molar-refractivity contribution in [3.8, 4) is 0 Å². The Morgan fingerprint density at radius 2 is 1.50 bits per heavy atom. The van der Waals surface area contributed by atoms with Crippen LogP contribution < -0.4 is 4.90 Å². The number of carbonyl (C=O) groups is 4. The Kier molecular flexibility index (Phi) is 4.35. The van der Waals surface area contributed by atoms with E-state index in [1.807, 2.05) is 12.2 Å². The Hall–Kier alpha value is -3.54. The summed E-state index contributed by atoms with van der Waals surface area (Å²) in [5.41, 5.74) is 1.01. The third kappa shape index (κ3) is 2.87. The van der Waals surface area contributed by atoms with Crippen molar-refractivity contribution in [3.63, 3.8) is 0 Å². The van der Waals surface area contributed by atoms with Gasteiger partial charge >= 0.3 is 5.97 Å². The number of esters is 1. The molecule has 0 N–H and O–H groups in total. The molecule has 6 heteroatoms. The van der Waals surface area contributed by atoms with Crippen LogP contribution in [0.1, 0.15) is 27.1 Å². The maximum atomic E-state index is 13.0. The summed E-state index contributed by atoms with van der Waals surface area (Å²) in [4.78, 5) is 51.7. The molecule has 2 bridgehead atoms. The molecular weight excluding hydrogens is 382 g/mol. The van der Waals surface area contributed by atoms with Crippen LogP contribution in [0.15, 0.2) is 66.7 Å². The van der Waals surface area contributed by atoms with Crippen molar-refractivity contribution in [1.82, 2.24) is 0 Å². The number of ketones is 1. The molecule has 2 aromatic rings. The van der Waals surface area contributed by atoms with Crippen molar-refractivity contribution >= 4 is 29.3 Å². The molecule has 2 aromatic carbocycles. The Bertz CT molecular complexity index is 1060. The summed E-state index contributed by atoms with van der Waals surface area (Å²) >= 11 is 0. The minimum atomic E-state index is -0.679. The van der Waals surface area contributed by atoms with Crippen molar-refractivity contribution in [3.05, 3.63) is 77.9 Å². The molecule has 4 atom stereocenters. The molecule has 2 fully saturated rings. The van der Waals surface area contributed by atoms with Crippen LogP contribution in [0.25, 0.3) is 0 Å². The van der Waals surface area contributed by atoms with E-state index < -0.39 is 5.97 Å². The summed E-state index contributed by atoms with van der Waals surface area (Å²) in [7, 11) is 0. The molecule has 0 spiro atoms. The highest BCUT2D eigenvalue weighted by Crippen LogP contribution is 2.53. The van der Waals surface area contributed by atoms with Crippen molar-refractivity contribution in [2.45, 2.75) is 6.42 Å². The quantitative estimate of drug-likeness (QED) is 0.333. The van der Waals surface area contributed by atoms with Crippen LogP contribution in [0, 0.1) is 23.7 Å². The molecular formula is C24H19NO5. The normalized spacial score (nSPS) is 26.2. The SMILES string of the molecule is O=C(COC(=O)c1cccc(N2C(=O)[C@@H]3[C@H](C2=O)[C@H]2C=C[C@@H]3C2)c1)c1ccccc1. The first-order chi connectivity index (χ1) is 14.5. The summed E-state index contributed by atoms with van der Waals surface area (Å²) in [6, 6.07) is 14.8. The van der Waals surface area contributed by atoms with Gasteiger partial charge in [0.25, 0.3) is 0 Å². The van der Waals surface area contributed by atoms with E-state index >= 15 is 0 Å². The Balaban J connectivity index is 1.31. The number of rotatable bonds is 5. The zero-order chi connectivity index (χ0) is 20.8. The van der Waals surface area contributed by atoms with E-state index in [2.05, 4.69) is 0 Å². The number of imide groups is 1. The van der Waals surface area contributed by atoms with E-state index in [0.29, 0.717) is 11.3 Å². The van der Waals surface area contributed by atoms with Crippen LogP contribution in [-0.4, -0.2) is 30.2 Å². The van der Waals surface area contributed by atoms with Crippen LogP contribution in [0.4, 0.5) is 5.69 Å². The summed E-state index contributed by atoms with van der Waals surface area (Å²) in [5.74, 6) is -1.74. The minimum Gasteiger partial charge on any atom is -0.454 e. The number of Topliss-reactive ketones (excluding diaryl/α,β-unsaturated/α-hetero) is 1. The van der Waals surface area contributed by atoms with Gasteiger partial charge in [-0.25, -0.2) is 9.69 Å². The number of carbonyl (C=O) groups excluding carboxylic acids is 4. The molecule has 5 rings (SSSR count). The van der Waals surface area contributed by atoms with Gasteiger partial charge in [-0.2, -0.15) is 0 Å². The number of nitrogens with zero attached hydrogens (tertiary/aromatic N) is 1. The molecule has 6 nitrogen and oxygen atoms in total. The number of ether oxygens (including phenoxy) is 1. The fourth-order valence-corrected chi connectivity index (χ4v) is 4.85. The maximum absolute atomic E-state index is 13.0. The van der Waals surface area contributed by atoms with Gasteiger partial charge in [0, 0.05) is 5.56 Å². The van der Waals surface area contributed by atoms with Gasteiger partial charge in [0.1, 0.15) is 0 Å². The number of anilines is 1. The van der Waals surface area contributed by atoms with Gasteiger partial charge in [-0.15, -0.1) is 0 Å². The zero-order valence-electron chi connectivity index (χ0n) is 16.1. The third-order valence-electron chi connectivity index (χ3n) is 6.24. The van der Waals surface area contributed by atoms with E-state index in [0.717, 1.165) is 6.42 Å². The molecule has 1 heterocycles. The molecule has 2 amide bonds. The first-order valence-electron chi connectivity index (χ1n) is 9.96. The van der Waals surface area contributed by atoms with Crippen LogP contribution in [0.3, 0.4) is 0 Å². The van der Waals surface area contributed by atoms with E-state index in [1.54, 1.807) is 42.5 Å². The number of fused-ring (bicyclic) bond motifs is 5. The summed E-state index contributed by atoms with van der Waals surface area (Å²) < 4.78 is 5.15. The molecule has 0 unspecified atom stereocenters. The van der Waals surface area contributed by atoms with E-state index in [-0.39, 0.29) is 53.4 Å². The lowest BCUT2D eigenvalue weighted by atomic mass is 9.85. The van der Waals surface area contributed by atoms with Crippen molar-refractivity contribution in [2.24, 2.45) is 23.7 Å². The molecule has 1 saturated heterocycles. The molecule has 1 aliphatic heterocycles. The van der Waals surface area contributed by atoms with Crippen LogP contribution in [0.2, 0.25) is 0 Å². The van der Waals surface area contributed by atoms with Gasteiger partial charge in [-0.05, 0) is 36.5 Å².